The zero-order valence-electron chi connectivity index (χ0n) is 12.1. The molecule has 11 heteroatoms. The van der Waals surface area contributed by atoms with Crippen LogP contribution in [0.3, 0.4) is 0 Å². The minimum Gasteiger partial charge on any atom is -0.588 e. The summed E-state index contributed by atoms with van der Waals surface area (Å²) in [6.07, 6.45) is 0. The molecule has 2 rings (SSSR count). The van der Waals surface area contributed by atoms with Crippen LogP contribution in [0.25, 0.3) is 0 Å². The highest BCUT2D eigenvalue weighted by Gasteiger charge is 2.23. The van der Waals surface area contributed by atoms with Crippen molar-refractivity contribution in [3.8, 4) is 5.88 Å². The largest absolute Gasteiger partial charge is 0.588 e. The van der Waals surface area contributed by atoms with Gasteiger partial charge in [-0.3, -0.25) is 5.32 Å². The average molecular weight is 371 g/mol. The number of carboxylic acids is 1. The predicted octanol–water partition coefficient (Wildman–Crippen LogP) is 1.68. The van der Waals surface area contributed by atoms with Crippen LogP contribution in [-0.4, -0.2) is 38.7 Å². The van der Waals surface area contributed by atoms with Gasteiger partial charge in [-0.2, -0.15) is 4.98 Å². The molecule has 0 saturated heterocycles. The molecule has 0 fully saturated rings. The number of halogens is 1. The fraction of sp³-hybridized carbons (Fsp3) is 0.0769. The van der Waals surface area contributed by atoms with E-state index < -0.39 is 23.4 Å². The molecular weight excluding hydrogens is 360 g/mol. The average Bonchev–Trinajstić information content (AvgIpc) is 2.53. The third-order valence-electron chi connectivity index (χ3n) is 2.61. The number of hydrogen-bond acceptors (Lipinski definition) is 6. The van der Waals surface area contributed by atoms with Crippen LogP contribution in [0.15, 0.2) is 35.2 Å². The van der Waals surface area contributed by atoms with E-state index in [-0.39, 0.29) is 27.4 Å². The van der Waals surface area contributed by atoms with Crippen LogP contribution in [0.4, 0.5) is 10.7 Å². The number of carboxylic acid groups (broad SMARTS) is 1. The second kappa shape index (κ2) is 7.81. The number of nitrogens with zero attached hydrogens (tertiary/aromatic N) is 2. The lowest BCUT2D eigenvalue weighted by molar-refractivity contribution is 0.0692. The molecule has 1 aromatic heterocycles. The number of carbonyl (C=O) groups is 2. The molecule has 3 N–H and O–H groups in total. The molecule has 1 aromatic carbocycles. The maximum absolute atomic E-state index is 12.1. The second-order valence-electron chi connectivity index (χ2n) is 4.18. The number of aromatic carboxylic acids is 1. The van der Waals surface area contributed by atoms with Gasteiger partial charge in [-0.25, -0.2) is 14.6 Å². The second-order valence-corrected chi connectivity index (χ2v) is 5.75. The molecule has 24 heavy (non-hydrogen) atoms. The molecule has 0 aliphatic carbocycles. The molecule has 2 amide bonds. The van der Waals surface area contributed by atoms with Crippen molar-refractivity contribution in [2.24, 2.45) is 0 Å². The van der Waals surface area contributed by atoms with Gasteiger partial charge >= 0.3 is 12.0 Å². The van der Waals surface area contributed by atoms with Gasteiger partial charge in [-0.05, 0) is 12.1 Å². The summed E-state index contributed by atoms with van der Waals surface area (Å²) in [5, 5.41) is 11.3. The number of urea groups is 1. The van der Waals surface area contributed by atoms with E-state index in [0.717, 1.165) is 0 Å². The smallest absolute Gasteiger partial charge is 0.363 e. The van der Waals surface area contributed by atoms with Crippen LogP contribution in [0, 0.1) is 0 Å². The number of rotatable bonds is 5. The first-order chi connectivity index (χ1) is 11.4. The molecule has 9 nitrogen and oxygen atoms in total. The van der Waals surface area contributed by atoms with Crippen LogP contribution in [0.2, 0.25) is 5.15 Å². The lowest BCUT2D eigenvalue weighted by Gasteiger charge is -2.12. The van der Waals surface area contributed by atoms with Crippen molar-refractivity contribution in [3.05, 3.63) is 41.0 Å². The van der Waals surface area contributed by atoms with Crippen LogP contribution < -0.4 is 14.8 Å². The summed E-state index contributed by atoms with van der Waals surface area (Å²) < 4.78 is 19.1. The number of ether oxygens (including phenoxy) is 1. The first-order valence-electron chi connectivity index (χ1n) is 6.31. The first kappa shape index (κ1) is 17.8. The zero-order chi connectivity index (χ0) is 17.7. The van der Waals surface area contributed by atoms with Crippen molar-refractivity contribution in [2.45, 2.75) is 4.90 Å². The number of carbonyl (C=O) groups excluding carboxylic acids is 1. The van der Waals surface area contributed by atoms with E-state index in [4.69, 9.17) is 21.4 Å². The van der Waals surface area contributed by atoms with Gasteiger partial charge in [0.1, 0.15) is 22.1 Å². The number of amides is 2. The Morgan fingerprint density at radius 1 is 1.33 bits per heavy atom. The Balaban J connectivity index is 2.10. The van der Waals surface area contributed by atoms with Crippen molar-refractivity contribution in [1.82, 2.24) is 14.7 Å². The van der Waals surface area contributed by atoms with Crippen molar-refractivity contribution in [1.29, 1.82) is 0 Å². The number of aromatic nitrogens is 2. The van der Waals surface area contributed by atoms with E-state index in [1.165, 1.54) is 37.4 Å². The summed E-state index contributed by atoms with van der Waals surface area (Å²) in [6.45, 7) is 0. The Kier molecular flexibility index (Phi) is 5.79. The van der Waals surface area contributed by atoms with E-state index in [1.807, 2.05) is 0 Å². The van der Waals surface area contributed by atoms with Gasteiger partial charge in [-0.1, -0.05) is 23.7 Å². The van der Waals surface area contributed by atoms with Crippen LogP contribution in [-0.2, 0) is 11.4 Å². The zero-order valence-corrected chi connectivity index (χ0v) is 13.7. The predicted molar refractivity (Wildman–Crippen MR) is 85.6 cm³/mol. The van der Waals surface area contributed by atoms with Gasteiger partial charge in [-0.15, -0.1) is 4.72 Å². The van der Waals surface area contributed by atoms with Gasteiger partial charge in [0.25, 0.3) is 0 Å². The summed E-state index contributed by atoms with van der Waals surface area (Å²) in [6, 6.07) is 6.03. The van der Waals surface area contributed by atoms with E-state index in [2.05, 4.69) is 20.0 Å². The maximum atomic E-state index is 12.1. The maximum Gasteiger partial charge on any atom is 0.363 e. The monoisotopic (exact) mass is 370 g/mol. The molecule has 1 unspecified atom stereocenters. The summed E-state index contributed by atoms with van der Waals surface area (Å²) in [5.74, 6) is -1.30. The summed E-state index contributed by atoms with van der Waals surface area (Å²) in [7, 11) is 1.36. The molecule has 0 radical (unpaired) electrons. The van der Waals surface area contributed by atoms with Crippen molar-refractivity contribution < 1.29 is 24.0 Å². The summed E-state index contributed by atoms with van der Waals surface area (Å²) in [5.41, 5.74) is -0.184. The Morgan fingerprint density at radius 2 is 2.04 bits per heavy atom. The lowest BCUT2D eigenvalue weighted by Crippen LogP contribution is -2.35. The molecule has 0 aliphatic heterocycles. The highest BCUT2D eigenvalue weighted by molar-refractivity contribution is 7.90. The summed E-state index contributed by atoms with van der Waals surface area (Å²) >= 11 is 3.65. The fourth-order valence-corrected chi connectivity index (χ4v) is 2.69. The molecule has 0 aliphatic rings. The standard InChI is InChI=1S/C13H11ClN4O5S/c1-23-10-6-9(14)15-12(16-10)17-13(21)18-24(22)8-5-3-2-4-7(8)11(19)20/h2-6H,1H3,(H,19,20)(H2,15,16,17,18,21). The number of hydrogen-bond donors (Lipinski definition) is 3. The highest BCUT2D eigenvalue weighted by Crippen LogP contribution is 2.17. The number of methoxy groups -OCH3 is 1. The van der Waals surface area contributed by atoms with Gasteiger partial charge in [0, 0.05) is 6.07 Å². The van der Waals surface area contributed by atoms with E-state index in [9.17, 15) is 14.1 Å². The van der Waals surface area contributed by atoms with Crippen LogP contribution in [0.5, 0.6) is 5.88 Å². The normalized spacial score (nSPS) is 11.5. The minimum atomic E-state index is -2.09. The van der Waals surface area contributed by atoms with Crippen molar-refractivity contribution in [3.63, 3.8) is 0 Å². The molecular formula is C13H11ClN4O5S. The molecule has 2 aromatic rings. The Morgan fingerprint density at radius 3 is 2.71 bits per heavy atom. The van der Waals surface area contributed by atoms with Gasteiger partial charge in [0.15, 0.2) is 4.90 Å². The summed E-state index contributed by atoms with van der Waals surface area (Å²) in [4.78, 5) is 30.5. The number of benzene rings is 1. The van der Waals surface area contributed by atoms with Crippen LogP contribution >= 0.6 is 11.6 Å². The third-order valence-corrected chi connectivity index (χ3v) is 3.93. The van der Waals surface area contributed by atoms with Gasteiger partial charge in [0.2, 0.25) is 11.8 Å². The minimum absolute atomic E-state index is 0.0366. The Bertz CT molecular complexity index is 776. The van der Waals surface area contributed by atoms with E-state index in [1.54, 1.807) is 0 Å². The number of anilines is 1. The SMILES string of the molecule is COc1cc(Cl)nc(NC(=O)N[S+]([O-])c2ccccc2C(=O)O)n1. The molecule has 1 heterocycles. The van der Waals surface area contributed by atoms with E-state index in [0.29, 0.717) is 0 Å². The molecule has 126 valence electrons. The van der Waals surface area contributed by atoms with Crippen molar-refractivity contribution in [2.75, 3.05) is 12.4 Å². The molecule has 0 bridgehead atoms. The quantitative estimate of drug-likeness (QED) is 0.537. The molecule has 0 spiro atoms. The lowest BCUT2D eigenvalue weighted by atomic mass is 10.2. The topological polar surface area (TPSA) is 136 Å². The van der Waals surface area contributed by atoms with Gasteiger partial charge < -0.3 is 14.4 Å². The van der Waals surface area contributed by atoms with E-state index >= 15 is 0 Å². The number of nitrogens with one attached hydrogen (secondary N) is 2. The highest BCUT2D eigenvalue weighted by atomic mass is 35.5. The third kappa shape index (κ3) is 4.47. The fourth-order valence-electron chi connectivity index (χ4n) is 1.63. The Hall–Kier alpha value is -2.56. The van der Waals surface area contributed by atoms with Gasteiger partial charge in [0.05, 0.1) is 7.11 Å². The van der Waals surface area contributed by atoms with Crippen molar-refractivity contribution >= 4 is 40.9 Å². The Labute approximate surface area is 144 Å². The first-order valence-corrected chi connectivity index (χ1v) is 7.84. The van der Waals surface area contributed by atoms with Crippen LogP contribution in [0.1, 0.15) is 10.4 Å². The molecule has 0 saturated carbocycles. The molecule has 1 atom stereocenters.